The summed E-state index contributed by atoms with van der Waals surface area (Å²) in [5, 5.41) is 0. The van der Waals surface area contributed by atoms with Crippen molar-refractivity contribution in [2.45, 2.75) is 0 Å². The molecule has 1 aromatic rings. The molecule has 0 fully saturated rings. The lowest BCUT2D eigenvalue weighted by Gasteiger charge is -2.02. The molecule has 0 aliphatic rings. The second kappa shape index (κ2) is 4.87. The smallest absolute Gasteiger partial charge is 0.120 e. The molecule has 1 N–H and O–H groups in total. The van der Waals surface area contributed by atoms with E-state index in [1.807, 2.05) is 0 Å². The minimum absolute atomic E-state index is 0. The van der Waals surface area contributed by atoms with Crippen LogP contribution in [0.4, 0.5) is 14.6 Å². The first-order valence-electron chi connectivity index (χ1n) is 2.72. The van der Waals surface area contributed by atoms with Gasteiger partial charge in [-0.3, -0.25) is 5.43 Å². The zero-order valence-corrected chi connectivity index (χ0v) is 6.31. The Morgan fingerprint density at radius 3 is 2.09 bits per heavy atom. The number of anilines is 1. The summed E-state index contributed by atoms with van der Waals surface area (Å²) in [6.45, 7) is 0. The number of hydrogen-bond donors (Lipinski definition) is 1. The Balaban J connectivity index is 0.000001000. The van der Waals surface area contributed by atoms with E-state index < -0.39 is 5.45 Å². The minimum Gasteiger partial charge on any atom is -0.264 e. The lowest BCUT2D eigenvalue weighted by Crippen LogP contribution is -2.09. The molecule has 0 saturated heterocycles. The predicted octanol–water partition coefficient (Wildman–Crippen LogP) is 2.51. The van der Waals surface area contributed by atoms with Gasteiger partial charge in [0.15, 0.2) is 0 Å². The van der Waals surface area contributed by atoms with Crippen molar-refractivity contribution in [3.8, 4) is 0 Å². The van der Waals surface area contributed by atoms with Gasteiger partial charge in [-0.05, 0) is 12.1 Å². The van der Waals surface area contributed by atoms with Gasteiger partial charge < -0.3 is 0 Å². The highest BCUT2D eigenvalue weighted by molar-refractivity contribution is 5.85. The molecule has 2 nitrogen and oxygen atoms in total. The standard InChI is InChI=1S/C6H6F2N2.ClH/c7-10(8)9-6-4-2-1-3-5-6;/h1-5,9H;1H. The Hall–Kier alpha value is -0.870. The number of nitrogens with one attached hydrogen (secondary N) is 1. The van der Waals surface area contributed by atoms with Crippen molar-refractivity contribution < 1.29 is 8.96 Å². The van der Waals surface area contributed by atoms with E-state index in [-0.39, 0.29) is 12.4 Å². The number of hydrogen-bond acceptors (Lipinski definition) is 2. The van der Waals surface area contributed by atoms with Gasteiger partial charge in [0.05, 0.1) is 5.69 Å². The van der Waals surface area contributed by atoms with Crippen molar-refractivity contribution in [3.05, 3.63) is 30.3 Å². The molecule has 0 saturated carbocycles. The van der Waals surface area contributed by atoms with Crippen molar-refractivity contribution in [2.24, 2.45) is 0 Å². The average Bonchev–Trinajstić information content (AvgIpc) is 1.88. The van der Waals surface area contributed by atoms with E-state index in [1.165, 1.54) is 0 Å². The van der Waals surface area contributed by atoms with Gasteiger partial charge in [0, 0.05) is 0 Å². The summed E-state index contributed by atoms with van der Waals surface area (Å²) in [4.78, 5) is 0. The Labute approximate surface area is 69.1 Å². The van der Waals surface area contributed by atoms with Gasteiger partial charge in [0.1, 0.15) is 5.45 Å². The highest BCUT2D eigenvalue weighted by Gasteiger charge is 1.95. The van der Waals surface area contributed by atoms with E-state index in [0.717, 1.165) is 0 Å². The second-order valence-corrected chi connectivity index (χ2v) is 1.71. The highest BCUT2D eigenvalue weighted by Crippen LogP contribution is 2.06. The van der Waals surface area contributed by atoms with Crippen LogP contribution < -0.4 is 5.43 Å². The largest absolute Gasteiger partial charge is 0.264 e. The molecular formula is C6H7ClF2N2. The van der Waals surface area contributed by atoms with Crippen LogP contribution >= 0.6 is 12.4 Å². The van der Waals surface area contributed by atoms with Gasteiger partial charge >= 0.3 is 0 Å². The summed E-state index contributed by atoms with van der Waals surface area (Å²) >= 11 is 0. The zero-order valence-electron chi connectivity index (χ0n) is 5.50. The van der Waals surface area contributed by atoms with E-state index in [0.29, 0.717) is 5.69 Å². The van der Waals surface area contributed by atoms with Crippen LogP contribution in [-0.2, 0) is 0 Å². The summed E-state index contributed by atoms with van der Waals surface area (Å²) in [6.07, 6.45) is 0. The number of hydrazine groups is 1. The maximum Gasteiger partial charge on any atom is 0.120 e. The Morgan fingerprint density at radius 1 is 1.09 bits per heavy atom. The van der Waals surface area contributed by atoms with E-state index in [4.69, 9.17) is 0 Å². The molecule has 0 aromatic heterocycles. The molecule has 0 unspecified atom stereocenters. The van der Waals surface area contributed by atoms with Gasteiger partial charge in [0.2, 0.25) is 0 Å². The molecule has 0 radical (unpaired) electrons. The van der Waals surface area contributed by atoms with Gasteiger partial charge in [-0.25, -0.2) is 0 Å². The van der Waals surface area contributed by atoms with Gasteiger partial charge in [0.25, 0.3) is 0 Å². The van der Waals surface area contributed by atoms with Crippen LogP contribution in [0.5, 0.6) is 0 Å². The molecule has 0 heterocycles. The molecular weight excluding hydrogens is 174 g/mol. The van der Waals surface area contributed by atoms with Crippen LogP contribution in [0.3, 0.4) is 0 Å². The molecule has 0 atom stereocenters. The first-order chi connectivity index (χ1) is 4.79. The monoisotopic (exact) mass is 180 g/mol. The summed E-state index contributed by atoms with van der Waals surface area (Å²) < 4.78 is 22.9. The quantitative estimate of drug-likeness (QED) is 0.556. The zero-order chi connectivity index (χ0) is 7.40. The third-order valence-electron chi connectivity index (χ3n) is 0.987. The topological polar surface area (TPSA) is 15.3 Å². The van der Waals surface area contributed by atoms with Crippen LogP contribution in [0.25, 0.3) is 0 Å². The Morgan fingerprint density at radius 2 is 1.64 bits per heavy atom. The number of para-hydroxylation sites is 1. The molecule has 0 amide bonds. The van der Waals surface area contributed by atoms with Gasteiger partial charge in [-0.2, -0.15) is 0 Å². The van der Waals surface area contributed by atoms with Crippen LogP contribution in [-0.4, -0.2) is 5.45 Å². The fraction of sp³-hybridized carbons (Fsp3) is 0. The highest BCUT2D eigenvalue weighted by atomic mass is 35.5. The molecule has 0 aliphatic heterocycles. The van der Waals surface area contributed by atoms with Crippen LogP contribution in [0, 0.1) is 0 Å². The summed E-state index contributed by atoms with van der Waals surface area (Å²) in [7, 11) is 0. The number of benzene rings is 1. The van der Waals surface area contributed by atoms with E-state index in [2.05, 4.69) is 0 Å². The van der Waals surface area contributed by atoms with E-state index in [9.17, 15) is 8.96 Å². The second-order valence-electron chi connectivity index (χ2n) is 1.71. The third kappa shape index (κ3) is 3.75. The number of nitrogens with zero attached hydrogens (tertiary/aromatic N) is 1. The fourth-order valence-electron chi connectivity index (χ4n) is 0.610. The molecule has 62 valence electrons. The molecule has 0 spiro atoms. The van der Waals surface area contributed by atoms with Crippen molar-refractivity contribution in [1.29, 1.82) is 0 Å². The van der Waals surface area contributed by atoms with Crippen molar-refractivity contribution >= 4 is 18.1 Å². The summed E-state index contributed by atoms with van der Waals surface area (Å²) in [5.41, 5.74) is 1.08. The van der Waals surface area contributed by atoms with Crippen LogP contribution in [0.1, 0.15) is 0 Å². The van der Waals surface area contributed by atoms with Crippen molar-refractivity contribution in [1.82, 2.24) is 5.45 Å². The van der Waals surface area contributed by atoms with Crippen molar-refractivity contribution in [3.63, 3.8) is 0 Å². The fourth-order valence-corrected chi connectivity index (χ4v) is 0.610. The van der Waals surface area contributed by atoms with Crippen LogP contribution in [0.2, 0.25) is 0 Å². The Kier molecular flexibility index (Phi) is 4.49. The SMILES string of the molecule is Cl.FN(F)Nc1ccccc1. The maximum atomic E-state index is 11.4. The molecule has 5 heteroatoms. The summed E-state index contributed by atoms with van der Waals surface area (Å²) in [6, 6.07) is 8.20. The van der Waals surface area contributed by atoms with Gasteiger partial charge in [-0.15, -0.1) is 12.4 Å². The third-order valence-corrected chi connectivity index (χ3v) is 0.987. The molecule has 0 aliphatic carbocycles. The van der Waals surface area contributed by atoms with E-state index >= 15 is 0 Å². The van der Waals surface area contributed by atoms with Gasteiger partial charge in [-0.1, -0.05) is 27.2 Å². The summed E-state index contributed by atoms with van der Waals surface area (Å²) in [5.74, 6) is 0. The normalized spacial score (nSPS) is 9.00. The lowest BCUT2D eigenvalue weighted by molar-refractivity contribution is -0.127. The molecule has 0 bridgehead atoms. The molecule has 11 heavy (non-hydrogen) atoms. The predicted molar refractivity (Wildman–Crippen MR) is 41.4 cm³/mol. The lowest BCUT2D eigenvalue weighted by atomic mass is 10.3. The van der Waals surface area contributed by atoms with E-state index in [1.54, 1.807) is 35.8 Å². The first kappa shape index (κ1) is 10.1. The minimum atomic E-state index is -1.09. The molecule has 1 aromatic carbocycles. The number of halogens is 3. The Bertz CT molecular complexity index is 193. The number of rotatable bonds is 2. The maximum absolute atomic E-state index is 11.4. The first-order valence-corrected chi connectivity index (χ1v) is 2.72. The van der Waals surface area contributed by atoms with Crippen LogP contribution in [0.15, 0.2) is 30.3 Å². The molecule has 1 rings (SSSR count). The van der Waals surface area contributed by atoms with Crippen molar-refractivity contribution in [2.75, 3.05) is 5.43 Å². The average molecular weight is 181 g/mol.